The van der Waals surface area contributed by atoms with Crippen LogP contribution >= 0.6 is 15.9 Å². The van der Waals surface area contributed by atoms with Gasteiger partial charge < -0.3 is 10.2 Å². The molecule has 3 rings (SSSR count). The number of carbonyl (C=O) groups is 2. The number of anilines is 1. The average molecular weight is 615 g/mol. The van der Waals surface area contributed by atoms with Crippen molar-refractivity contribution in [3.05, 3.63) is 100 Å². The summed E-state index contributed by atoms with van der Waals surface area (Å²) in [7, 11) is -3.79. The number of amides is 2. The summed E-state index contributed by atoms with van der Waals surface area (Å²) in [5.74, 6) is -0.746. The predicted molar refractivity (Wildman–Crippen MR) is 160 cm³/mol. The van der Waals surface area contributed by atoms with Crippen molar-refractivity contribution in [1.82, 2.24) is 10.2 Å². The Morgan fingerprint density at radius 2 is 1.54 bits per heavy atom. The number of rotatable bonds is 12. The van der Waals surface area contributed by atoms with Gasteiger partial charge >= 0.3 is 0 Å². The Balaban J connectivity index is 2.04. The Hall–Kier alpha value is -3.17. The Morgan fingerprint density at radius 1 is 0.923 bits per heavy atom. The summed E-state index contributed by atoms with van der Waals surface area (Å²) < 4.78 is 27.6. The molecule has 0 aliphatic rings. The van der Waals surface area contributed by atoms with E-state index in [9.17, 15) is 18.0 Å². The molecular formula is C30H36BrN3O4S. The van der Waals surface area contributed by atoms with Crippen LogP contribution in [0, 0.1) is 6.92 Å². The number of halogens is 1. The van der Waals surface area contributed by atoms with Gasteiger partial charge in [0.2, 0.25) is 21.8 Å². The molecule has 0 saturated heterocycles. The summed E-state index contributed by atoms with van der Waals surface area (Å²) in [6.45, 7) is 5.52. The highest BCUT2D eigenvalue weighted by molar-refractivity contribution is 9.10. The maximum atomic E-state index is 14.0. The molecular weight excluding hydrogens is 578 g/mol. The lowest BCUT2D eigenvalue weighted by molar-refractivity contribution is -0.140. The molecule has 3 aromatic rings. The van der Waals surface area contributed by atoms with Crippen molar-refractivity contribution in [2.24, 2.45) is 0 Å². The number of hydrogen-bond donors (Lipinski definition) is 1. The Bertz CT molecular complexity index is 1350. The first-order valence-corrected chi connectivity index (χ1v) is 15.5. The van der Waals surface area contributed by atoms with Crippen LogP contribution in [-0.2, 0) is 32.6 Å². The number of nitrogens with one attached hydrogen (secondary N) is 1. The second kappa shape index (κ2) is 13.8. The number of nitrogens with zero attached hydrogens (tertiary/aromatic N) is 2. The predicted octanol–water partition coefficient (Wildman–Crippen LogP) is 5.08. The van der Waals surface area contributed by atoms with Gasteiger partial charge in [0.05, 0.1) is 11.9 Å². The van der Waals surface area contributed by atoms with E-state index >= 15 is 0 Å². The summed E-state index contributed by atoms with van der Waals surface area (Å²) in [6, 6.07) is 23.1. The first kappa shape index (κ1) is 30.4. The fourth-order valence-electron chi connectivity index (χ4n) is 4.11. The molecule has 39 heavy (non-hydrogen) atoms. The third kappa shape index (κ3) is 8.93. The first-order valence-electron chi connectivity index (χ1n) is 12.9. The molecule has 0 heterocycles. The van der Waals surface area contributed by atoms with Crippen molar-refractivity contribution in [3.63, 3.8) is 0 Å². The largest absolute Gasteiger partial charge is 0.352 e. The number of carbonyl (C=O) groups excluding carboxylic acids is 2. The molecule has 3 aromatic carbocycles. The highest BCUT2D eigenvalue weighted by Gasteiger charge is 2.33. The van der Waals surface area contributed by atoms with Gasteiger partial charge in [-0.25, -0.2) is 8.42 Å². The fourth-order valence-corrected chi connectivity index (χ4v) is 5.22. The van der Waals surface area contributed by atoms with E-state index in [1.165, 1.54) is 4.90 Å². The average Bonchev–Trinajstić information content (AvgIpc) is 2.90. The summed E-state index contributed by atoms with van der Waals surface area (Å²) in [4.78, 5) is 29.2. The molecule has 208 valence electrons. The Kier molecular flexibility index (Phi) is 10.7. The molecule has 0 radical (unpaired) electrons. The molecule has 0 saturated carbocycles. The maximum Gasteiger partial charge on any atom is 0.244 e. The highest BCUT2D eigenvalue weighted by atomic mass is 79.9. The van der Waals surface area contributed by atoms with Crippen LogP contribution in [0.1, 0.15) is 37.0 Å². The van der Waals surface area contributed by atoms with Gasteiger partial charge in [0.15, 0.2) is 0 Å². The maximum absolute atomic E-state index is 14.0. The quantitative estimate of drug-likeness (QED) is 0.309. The molecule has 2 amide bonds. The van der Waals surface area contributed by atoms with Gasteiger partial charge in [0.1, 0.15) is 12.6 Å². The molecule has 7 nitrogen and oxygen atoms in total. The molecule has 9 heteroatoms. The Morgan fingerprint density at radius 3 is 2.10 bits per heavy atom. The Labute approximate surface area is 240 Å². The van der Waals surface area contributed by atoms with E-state index in [0.717, 1.165) is 38.1 Å². The third-order valence-corrected chi connectivity index (χ3v) is 8.21. The van der Waals surface area contributed by atoms with Gasteiger partial charge in [-0.15, -0.1) is 0 Å². The van der Waals surface area contributed by atoms with E-state index in [2.05, 4.69) is 21.2 Å². The van der Waals surface area contributed by atoms with Crippen molar-refractivity contribution in [3.8, 4) is 0 Å². The summed E-state index contributed by atoms with van der Waals surface area (Å²) >= 11 is 3.44. The van der Waals surface area contributed by atoms with Gasteiger partial charge in [0.25, 0.3) is 0 Å². The third-order valence-electron chi connectivity index (χ3n) is 6.54. The minimum absolute atomic E-state index is 0.0829. The van der Waals surface area contributed by atoms with E-state index in [4.69, 9.17) is 0 Å². The van der Waals surface area contributed by atoms with Crippen molar-refractivity contribution in [1.29, 1.82) is 0 Å². The lowest BCUT2D eigenvalue weighted by atomic mass is 10.0. The van der Waals surface area contributed by atoms with Crippen LogP contribution in [0.15, 0.2) is 83.3 Å². The topological polar surface area (TPSA) is 86.8 Å². The molecule has 0 bridgehead atoms. The van der Waals surface area contributed by atoms with E-state index in [0.29, 0.717) is 5.69 Å². The van der Waals surface area contributed by atoms with Crippen LogP contribution in [0.5, 0.6) is 0 Å². The number of aryl methyl sites for hydroxylation is 1. The van der Waals surface area contributed by atoms with Crippen molar-refractivity contribution >= 4 is 43.5 Å². The second-order valence-electron chi connectivity index (χ2n) is 9.78. The van der Waals surface area contributed by atoms with Crippen LogP contribution in [0.25, 0.3) is 0 Å². The lowest BCUT2D eigenvalue weighted by Gasteiger charge is -2.34. The van der Waals surface area contributed by atoms with Gasteiger partial charge in [-0.2, -0.15) is 0 Å². The van der Waals surface area contributed by atoms with Gasteiger partial charge in [-0.1, -0.05) is 83.0 Å². The van der Waals surface area contributed by atoms with Crippen LogP contribution < -0.4 is 9.62 Å². The number of benzene rings is 3. The lowest BCUT2D eigenvalue weighted by Crippen LogP contribution is -2.54. The number of hydrogen-bond acceptors (Lipinski definition) is 4. The van der Waals surface area contributed by atoms with Crippen molar-refractivity contribution in [2.75, 3.05) is 17.1 Å². The molecule has 0 unspecified atom stereocenters. The zero-order valence-corrected chi connectivity index (χ0v) is 25.2. The van der Waals surface area contributed by atoms with Crippen LogP contribution in [0.3, 0.4) is 0 Å². The molecule has 2 atom stereocenters. The standard InChI is InChI=1S/C30H36BrN3O4S/c1-5-23(3)32-30(36)28(19-24-9-7-6-8-10-24)33(20-25-13-15-26(31)16-14-25)29(35)21-34(39(4,37)38)27-17-11-22(2)12-18-27/h6-18,23,28H,5,19-21H2,1-4H3,(H,32,36)/t23-,28+/m1/s1. The summed E-state index contributed by atoms with van der Waals surface area (Å²) in [5, 5.41) is 3.03. The minimum Gasteiger partial charge on any atom is -0.352 e. The monoisotopic (exact) mass is 613 g/mol. The fraction of sp³-hybridized carbons (Fsp3) is 0.333. The zero-order valence-electron chi connectivity index (χ0n) is 22.8. The van der Waals surface area contributed by atoms with Gasteiger partial charge in [0, 0.05) is 23.5 Å². The molecule has 0 fully saturated rings. The minimum atomic E-state index is -3.79. The summed E-state index contributed by atoms with van der Waals surface area (Å²) in [5.41, 5.74) is 3.08. The van der Waals surface area contributed by atoms with Crippen molar-refractivity contribution in [2.45, 2.75) is 52.2 Å². The zero-order chi connectivity index (χ0) is 28.6. The molecule has 1 N–H and O–H groups in total. The van der Waals surface area contributed by atoms with Gasteiger partial charge in [-0.3, -0.25) is 13.9 Å². The SMILES string of the molecule is CC[C@@H](C)NC(=O)[C@H](Cc1ccccc1)N(Cc1ccc(Br)cc1)C(=O)CN(c1ccc(C)cc1)S(C)(=O)=O. The van der Waals surface area contributed by atoms with E-state index < -0.39 is 28.5 Å². The van der Waals surface area contributed by atoms with Crippen molar-refractivity contribution < 1.29 is 18.0 Å². The first-order chi connectivity index (χ1) is 18.5. The van der Waals surface area contributed by atoms with E-state index in [1.54, 1.807) is 24.3 Å². The molecule has 0 spiro atoms. The summed E-state index contributed by atoms with van der Waals surface area (Å²) in [6.07, 6.45) is 2.10. The molecule has 0 aliphatic heterocycles. The van der Waals surface area contributed by atoms with E-state index in [1.807, 2.05) is 75.4 Å². The van der Waals surface area contributed by atoms with Crippen LogP contribution in [-0.4, -0.2) is 50.0 Å². The number of sulfonamides is 1. The second-order valence-corrected chi connectivity index (χ2v) is 12.6. The smallest absolute Gasteiger partial charge is 0.244 e. The highest BCUT2D eigenvalue weighted by Crippen LogP contribution is 2.21. The molecule has 0 aliphatic carbocycles. The van der Waals surface area contributed by atoms with Crippen LogP contribution in [0.2, 0.25) is 0 Å². The normalized spacial score (nSPS) is 12.8. The van der Waals surface area contributed by atoms with E-state index in [-0.39, 0.29) is 24.9 Å². The van der Waals surface area contributed by atoms with Crippen LogP contribution in [0.4, 0.5) is 5.69 Å². The van der Waals surface area contributed by atoms with Gasteiger partial charge in [-0.05, 0) is 55.7 Å². The molecule has 0 aromatic heterocycles.